The van der Waals surface area contributed by atoms with Crippen LogP contribution in [0.4, 0.5) is 10.5 Å². The van der Waals surface area contributed by atoms with E-state index in [-0.39, 0.29) is 24.5 Å². The van der Waals surface area contributed by atoms with Gasteiger partial charge in [-0.2, -0.15) is 0 Å². The van der Waals surface area contributed by atoms with E-state index in [0.29, 0.717) is 5.69 Å². The highest BCUT2D eigenvalue weighted by Gasteiger charge is 2.17. The first-order valence-corrected chi connectivity index (χ1v) is 6.63. The maximum atomic E-state index is 11.6. The van der Waals surface area contributed by atoms with E-state index in [0.717, 1.165) is 12.8 Å². The molecule has 5 nitrogen and oxygen atoms in total. The van der Waals surface area contributed by atoms with Crippen LogP contribution in [-0.2, 0) is 4.79 Å². The maximum absolute atomic E-state index is 11.6. The minimum atomic E-state index is -0.368. The van der Waals surface area contributed by atoms with Crippen LogP contribution in [0.1, 0.15) is 25.7 Å². The van der Waals surface area contributed by atoms with Gasteiger partial charge in [0.05, 0.1) is 6.54 Å². The van der Waals surface area contributed by atoms with Crippen LogP contribution in [0.3, 0.4) is 0 Å². The normalized spacial score (nSPS) is 14.9. The lowest BCUT2D eigenvalue weighted by molar-refractivity contribution is -0.120. The largest absolute Gasteiger partial charge is 0.352 e. The molecule has 0 aliphatic heterocycles. The van der Waals surface area contributed by atoms with Gasteiger partial charge in [-0.15, -0.1) is 0 Å². The number of urea groups is 1. The smallest absolute Gasteiger partial charge is 0.319 e. The Labute approximate surface area is 112 Å². The fourth-order valence-corrected chi connectivity index (χ4v) is 2.21. The quantitative estimate of drug-likeness (QED) is 0.774. The fourth-order valence-electron chi connectivity index (χ4n) is 2.21. The van der Waals surface area contributed by atoms with Gasteiger partial charge in [-0.3, -0.25) is 4.79 Å². The molecule has 3 N–H and O–H groups in total. The molecule has 102 valence electrons. The van der Waals surface area contributed by atoms with Crippen LogP contribution in [0, 0.1) is 0 Å². The zero-order valence-corrected chi connectivity index (χ0v) is 10.8. The third-order valence-electron chi connectivity index (χ3n) is 3.16. The first-order valence-electron chi connectivity index (χ1n) is 6.63. The van der Waals surface area contributed by atoms with Crippen molar-refractivity contribution in [2.24, 2.45) is 0 Å². The number of benzene rings is 1. The number of hydrogen-bond acceptors (Lipinski definition) is 2. The summed E-state index contributed by atoms with van der Waals surface area (Å²) < 4.78 is 0. The zero-order valence-electron chi connectivity index (χ0n) is 10.8. The second-order valence-electron chi connectivity index (χ2n) is 4.72. The molecule has 1 aliphatic rings. The Bertz CT molecular complexity index is 428. The Morgan fingerprint density at radius 1 is 1.11 bits per heavy atom. The van der Waals surface area contributed by atoms with Crippen LogP contribution < -0.4 is 16.0 Å². The zero-order chi connectivity index (χ0) is 13.5. The van der Waals surface area contributed by atoms with Gasteiger partial charge in [-0.25, -0.2) is 4.79 Å². The summed E-state index contributed by atoms with van der Waals surface area (Å²) in [5, 5.41) is 8.12. The molecule has 1 fully saturated rings. The van der Waals surface area contributed by atoms with Gasteiger partial charge in [-0.1, -0.05) is 31.0 Å². The molecule has 0 saturated heterocycles. The van der Waals surface area contributed by atoms with Crippen molar-refractivity contribution in [3.63, 3.8) is 0 Å². The Hall–Kier alpha value is -2.04. The van der Waals surface area contributed by atoms with E-state index < -0.39 is 0 Å². The van der Waals surface area contributed by atoms with E-state index >= 15 is 0 Å². The molecule has 5 heteroatoms. The fraction of sp³-hybridized carbons (Fsp3) is 0.429. The number of nitrogens with one attached hydrogen (secondary N) is 3. The van der Waals surface area contributed by atoms with E-state index in [1.54, 1.807) is 12.1 Å². The lowest BCUT2D eigenvalue weighted by atomic mass is 10.2. The van der Waals surface area contributed by atoms with Gasteiger partial charge in [0.2, 0.25) is 5.91 Å². The summed E-state index contributed by atoms with van der Waals surface area (Å²) in [6.45, 7) is 0.00909. The van der Waals surface area contributed by atoms with Crippen LogP contribution in [0.5, 0.6) is 0 Å². The van der Waals surface area contributed by atoms with Crippen molar-refractivity contribution in [2.75, 3.05) is 11.9 Å². The number of amides is 3. The molecule has 0 heterocycles. The van der Waals surface area contributed by atoms with Crippen molar-refractivity contribution < 1.29 is 9.59 Å². The van der Waals surface area contributed by atoms with Gasteiger partial charge in [0.1, 0.15) is 0 Å². The molecule has 0 atom stereocenters. The minimum Gasteiger partial charge on any atom is -0.352 e. The van der Waals surface area contributed by atoms with E-state index in [1.165, 1.54) is 12.8 Å². The summed E-state index contributed by atoms with van der Waals surface area (Å²) in [6, 6.07) is 9.04. The van der Waals surface area contributed by atoms with Gasteiger partial charge in [0.25, 0.3) is 0 Å². The van der Waals surface area contributed by atoms with Crippen LogP contribution in [0.25, 0.3) is 0 Å². The second-order valence-corrected chi connectivity index (χ2v) is 4.72. The highest BCUT2D eigenvalue weighted by Crippen LogP contribution is 2.17. The third kappa shape index (κ3) is 4.62. The van der Waals surface area contributed by atoms with Crippen molar-refractivity contribution >= 4 is 17.6 Å². The molecule has 0 unspecified atom stereocenters. The molecular formula is C14H19N3O2. The molecule has 1 aromatic carbocycles. The molecular weight excluding hydrogens is 242 g/mol. The number of hydrogen-bond donors (Lipinski definition) is 3. The number of carbonyl (C=O) groups excluding carboxylic acids is 2. The summed E-state index contributed by atoms with van der Waals surface area (Å²) in [5.41, 5.74) is 0.705. The van der Waals surface area contributed by atoms with Gasteiger partial charge >= 0.3 is 6.03 Å². The Morgan fingerprint density at radius 2 is 1.79 bits per heavy atom. The maximum Gasteiger partial charge on any atom is 0.319 e. The summed E-state index contributed by atoms with van der Waals surface area (Å²) in [7, 11) is 0. The average Bonchev–Trinajstić information content (AvgIpc) is 2.90. The number of anilines is 1. The molecule has 0 aromatic heterocycles. The van der Waals surface area contributed by atoms with Crippen molar-refractivity contribution in [1.29, 1.82) is 0 Å². The molecule has 19 heavy (non-hydrogen) atoms. The standard InChI is InChI=1S/C14H19N3O2/c18-13(16-11-8-4-5-9-11)10-15-14(19)17-12-6-2-1-3-7-12/h1-3,6-7,11H,4-5,8-10H2,(H,16,18)(H2,15,17,19). The van der Waals surface area contributed by atoms with Crippen LogP contribution in [-0.4, -0.2) is 24.5 Å². The molecule has 0 bridgehead atoms. The van der Waals surface area contributed by atoms with Crippen LogP contribution in [0.15, 0.2) is 30.3 Å². The molecule has 1 aliphatic carbocycles. The summed E-state index contributed by atoms with van der Waals surface area (Å²) in [6.07, 6.45) is 4.43. The van der Waals surface area contributed by atoms with Crippen molar-refractivity contribution in [3.8, 4) is 0 Å². The summed E-state index contributed by atoms with van der Waals surface area (Å²) in [4.78, 5) is 23.2. The molecule has 3 amide bonds. The molecule has 1 aromatic rings. The topological polar surface area (TPSA) is 70.2 Å². The van der Waals surface area contributed by atoms with Crippen LogP contribution >= 0.6 is 0 Å². The van der Waals surface area contributed by atoms with Crippen LogP contribution in [0.2, 0.25) is 0 Å². The van der Waals surface area contributed by atoms with Gasteiger partial charge < -0.3 is 16.0 Å². The number of carbonyl (C=O) groups is 2. The first kappa shape index (κ1) is 13.4. The monoisotopic (exact) mass is 261 g/mol. The van der Waals surface area contributed by atoms with E-state index in [2.05, 4.69) is 16.0 Å². The Kier molecular flexibility index (Phi) is 4.78. The van der Waals surface area contributed by atoms with Crippen molar-refractivity contribution in [3.05, 3.63) is 30.3 Å². The average molecular weight is 261 g/mol. The predicted molar refractivity (Wildman–Crippen MR) is 73.9 cm³/mol. The summed E-state index contributed by atoms with van der Waals surface area (Å²) >= 11 is 0. The van der Waals surface area contributed by atoms with Crippen molar-refractivity contribution in [1.82, 2.24) is 10.6 Å². The van der Waals surface area contributed by atoms with Gasteiger partial charge in [0.15, 0.2) is 0 Å². The van der Waals surface area contributed by atoms with E-state index in [1.807, 2.05) is 18.2 Å². The van der Waals surface area contributed by atoms with E-state index in [4.69, 9.17) is 0 Å². The lowest BCUT2D eigenvalue weighted by Crippen LogP contribution is -2.42. The van der Waals surface area contributed by atoms with E-state index in [9.17, 15) is 9.59 Å². The third-order valence-corrected chi connectivity index (χ3v) is 3.16. The Balaban J connectivity index is 1.67. The summed E-state index contributed by atoms with van der Waals surface area (Å²) in [5.74, 6) is -0.130. The minimum absolute atomic E-state index is 0.00909. The highest BCUT2D eigenvalue weighted by atomic mass is 16.2. The molecule has 1 saturated carbocycles. The predicted octanol–water partition coefficient (Wildman–Crippen LogP) is 1.87. The first-order chi connectivity index (χ1) is 9.24. The SMILES string of the molecule is O=C(CNC(=O)Nc1ccccc1)NC1CCCC1. The second kappa shape index (κ2) is 6.78. The molecule has 2 rings (SSSR count). The molecule has 0 radical (unpaired) electrons. The lowest BCUT2D eigenvalue weighted by Gasteiger charge is -2.12. The Morgan fingerprint density at radius 3 is 2.47 bits per heavy atom. The number of rotatable bonds is 4. The van der Waals surface area contributed by atoms with Crippen molar-refractivity contribution in [2.45, 2.75) is 31.7 Å². The molecule has 0 spiro atoms. The van der Waals surface area contributed by atoms with Gasteiger partial charge in [0, 0.05) is 11.7 Å². The van der Waals surface area contributed by atoms with Gasteiger partial charge in [-0.05, 0) is 25.0 Å². The number of para-hydroxylation sites is 1. The highest BCUT2D eigenvalue weighted by molar-refractivity contribution is 5.92.